The zero-order valence-corrected chi connectivity index (χ0v) is 9.81. The molecule has 0 bridgehead atoms. The van der Waals surface area contributed by atoms with Crippen LogP contribution in [0.5, 0.6) is 0 Å². The van der Waals surface area contributed by atoms with Gasteiger partial charge in [-0.1, -0.05) is 36.4 Å². The Kier molecular flexibility index (Phi) is 3.24. The number of hydrogen-bond acceptors (Lipinski definition) is 2. The molecule has 0 atom stereocenters. The molecule has 0 aliphatic carbocycles. The number of hydrogen-bond donors (Lipinski definition) is 1. The standard InChI is InChI=1S/C15H15NO/c1-11(17)9-12-3-2-4-14(10-12)13-5-7-15(16)8-6-13/h2-8,10H,9,16H2,1H3. The first-order valence-corrected chi connectivity index (χ1v) is 5.59. The quantitative estimate of drug-likeness (QED) is 0.816. The van der Waals surface area contributed by atoms with Gasteiger partial charge in [0.25, 0.3) is 0 Å². The lowest BCUT2D eigenvalue weighted by atomic mass is 10.0. The van der Waals surface area contributed by atoms with E-state index in [9.17, 15) is 4.79 Å². The normalized spacial score (nSPS) is 10.2. The van der Waals surface area contributed by atoms with E-state index in [0.717, 1.165) is 22.4 Å². The number of anilines is 1. The number of rotatable bonds is 3. The summed E-state index contributed by atoms with van der Waals surface area (Å²) in [7, 11) is 0. The first kappa shape index (κ1) is 11.4. The van der Waals surface area contributed by atoms with Gasteiger partial charge in [-0.25, -0.2) is 0 Å². The van der Waals surface area contributed by atoms with Crippen LogP contribution in [0.4, 0.5) is 5.69 Å². The number of benzene rings is 2. The lowest BCUT2D eigenvalue weighted by Crippen LogP contribution is -1.96. The summed E-state index contributed by atoms with van der Waals surface area (Å²) in [5.74, 6) is 0.180. The van der Waals surface area contributed by atoms with Crippen LogP contribution >= 0.6 is 0 Å². The van der Waals surface area contributed by atoms with Crippen LogP contribution in [0.25, 0.3) is 11.1 Å². The van der Waals surface area contributed by atoms with Crippen LogP contribution in [-0.2, 0) is 11.2 Å². The van der Waals surface area contributed by atoms with Gasteiger partial charge < -0.3 is 5.73 Å². The van der Waals surface area contributed by atoms with Gasteiger partial charge in [-0.2, -0.15) is 0 Å². The molecule has 0 unspecified atom stereocenters. The molecule has 0 saturated heterocycles. The van der Waals surface area contributed by atoms with Crippen LogP contribution in [-0.4, -0.2) is 5.78 Å². The fraction of sp³-hybridized carbons (Fsp3) is 0.133. The maximum atomic E-state index is 11.1. The highest BCUT2D eigenvalue weighted by Gasteiger charge is 2.01. The predicted octanol–water partition coefficient (Wildman–Crippen LogP) is 3.07. The molecule has 0 spiro atoms. The minimum absolute atomic E-state index is 0.180. The van der Waals surface area contributed by atoms with E-state index >= 15 is 0 Å². The fourth-order valence-corrected chi connectivity index (χ4v) is 1.82. The summed E-state index contributed by atoms with van der Waals surface area (Å²) in [4.78, 5) is 11.1. The van der Waals surface area contributed by atoms with Crippen LogP contribution < -0.4 is 5.73 Å². The van der Waals surface area contributed by atoms with E-state index in [1.165, 1.54) is 0 Å². The minimum atomic E-state index is 0.180. The summed E-state index contributed by atoms with van der Waals surface area (Å²) >= 11 is 0. The summed E-state index contributed by atoms with van der Waals surface area (Å²) in [6, 6.07) is 15.8. The molecule has 86 valence electrons. The Morgan fingerprint density at radius 1 is 1.06 bits per heavy atom. The molecule has 2 aromatic carbocycles. The molecule has 0 fully saturated rings. The van der Waals surface area contributed by atoms with Crippen molar-refractivity contribution in [3.05, 3.63) is 54.1 Å². The highest BCUT2D eigenvalue weighted by atomic mass is 16.1. The van der Waals surface area contributed by atoms with Crippen molar-refractivity contribution in [2.45, 2.75) is 13.3 Å². The smallest absolute Gasteiger partial charge is 0.134 e. The molecule has 0 amide bonds. The monoisotopic (exact) mass is 225 g/mol. The Labute approximate surface area is 101 Å². The Balaban J connectivity index is 2.32. The van der Waals surface area contributed by atoms with Crippen molar-refractivity contribution in [3.63, 3.8) is 0 Å². The largest absolute Gasteiger partial charge is 0.399 e. The Morgan fingerprint density at radius 3 is 2.41 bits per heavy atom. The Hall–Kier alpha value is -2.09. The predicted molar refractivity (Wildman–Crippen MR) is 70.7 cm³/mol. The zero-order valence-electron chi connectivity index (χ0n) is 9.81. The van der Waals surface area contributed by atoms with E-state index in [1.54, 1.807) is 6.92 Å². The maximum Gasteiger partial charge on any atom is 0.134 e. The van der Waals surface area contributed by atoms with Crippen molar-refractivity contribution < 1.29 is 4.79 Å². The van der Waals surface area contributed by atoms with Crippen molar-refractivity contribution in [1.29, 1.82) is 0 Å². The molecule has 0 aromatic heterocycles. The molecule has 0 aliphatic rings. The van der Waals surface area contributed by atoms with Crippen molar-refractivity contribution in [2.24, 2.45) is 0 Å². The third kappa shape index (κ3) is 2.94. The van der Waals surface area contributed by atoms with E-state index < -0.39 is 0 Å². The van der Waals surface area contributed by atoms with Gasteiger partial charge >= 0.3 is 0 Å². The fourth-order valence-electron chi connectivity index (χ4n) is 1.82. The second-order valence-electron chi connectivity index (χ2n) is 4.20. The van der Waals surface area contributed by atoms with Gasteiger partial charge in [0.05, 0.1) is 0 Å². The van der Waals surface area contributed by atoms with Gasteiger partial charge in [-0.05, 0) is 35.7 Å². The van der Waals surface area contributed by atoms with Crippen molar-refractivity contribution in [2.75, 3.05) is 5.73 Å². The first-order chi connectivity index (χ1) is 8.15. The summed E-state index contributed by atoms with van der Waals surface area (Å²) in [6.07, 6.45) is 0.489. The van der Waals surface area contributed by atoms with Gasteiger partial charge in [0, 0.05) is 12.1 Å². The lowest BCUT2D eigenvalue weighted by molar-refractivity contribution is -0.116. The number of Topliss-reactive ketones (excluding diaryl/α,β-unsaturated/α-hetero) is 1. The highest BCUT2D eigenvalue weighted by Crippen LogP contribution is 2.21. The third-order valence-electron chi connectivity index (χ3n) is 2.62. The van der Waals surface area contributed by atoms with E-state index in [-0.39, 0.29) is 5.78 Å². The SMILES string of the molecule is CC(=O)Cc1cccc(-c2ccc(N)cc2)c1. The molecule has 0 radical (unpaired) electrons. The van der Waals surface area contributed by atoms with Crippen LogP contribution in [0.1, 0.15) is 12.5 Å². The molecule has 2 heteroatoms. The van der Waals surface area contributed by atoms with E-state index in [2.05, 4.69) is 0 Å². The van der Waals surface area contributed by atoms with Crippen molar-refractivity contribution in [3.8, 4) is 11.1 Å². The lowest BCUT2D eigenvalue weighted by Gasteiger charge is -2.05. The first-order valence-electron chi connectivity index (χ1n) is 5.59. The molecule has 2 rings (SSSR count). The summed E-state index contributed by atoms with van der Waals surface area (Å²) in [6.45, 7) is 1.61. The van der Waals surface area contributed by atoms with Crippen LogP contribution in [0.15, 0.2) is 48.5 Å². The molecular weight excluding hydrogens is 210 g/mol. The number of nitrogens with two attached hydrogens (primary N) is 1. The molecule has 2 N–H and O–H groups in total. The van der Waals surface area contributed by atoms with Gasteiger partial charge in [0.1, 0.15) is 5.78 Å². The average Bonchev–Trinajstić information content (AvgIpc) is 2.29. The second kappa shape index (κ2) is 4.83. The van der Waals surface area contributed by atoms with Gasteiger partial charge in [-0.3, -0.25) is 4.79 Å². The molecule has 0 heterocycles. The van der Waals surface area contributed by atoms with E-state index in [0.29, 0.717) is 6.42 Å². The third-order valence-corrected chi connectivity index (χ3v) is 2.62. The molecule has 0 aliphatic heterocycles. The Bertz CT molecular complexity index is 529. The summed E-state index contributed by atoms with van der Waals surface area (Å²) in [5.41, 5.74) is 9.69. The molecule has 0 saturated carbocycles. The average molecular weight is 225 g/mol. The van der Waals surface area contributed by atoms with E-state index in [4.69, 9.17) is 5.73 Å². The molecule has 2 nitrogen and oxygen atoms in total. The minimum Gasteiger partial charge on any atom is -0.399 e. The Morgan fingerprint density at radius 2 is 1.76 bits per heavy atom. The zero-order chi connectivity index (χ0) is 12.3. The van der Waals surface area contributed by atoms with Gasteiger partial charge in [0.15, 0.2) is 0 Å². The molecule has 2 aromatic rings. The van der Waals surface area contributed by atoms with Crippen LogP contribution in [0.3, 0.4) is 0 Å². The second-order valence-corrected chi connectivity index (χ2v) is 4.20. The maximum absolute atomic E-state index is 11.1. The van der Waals surface area contributed by atoms with Gasteiger partial charge in [-0.15, -0.1) is 0 Å². The van der Waals surface area contributed by atoms with Crippen LogP contribution in [0.2, 0.25) is 0 Å². The van der Waals surface area contributed by atoms with E-state index in [1.807, 2.05) is 48.5 Å². The van der Waals surface area contributed by atoms with Crippen LogP contribution in [0, 0.1) is 0 Å². The van der Waals surface area contributed by atoms with Crippen molar-refractivity contribution in [1.82, 2.24) is 0 Å². The topological polar surface area (TPSA) is 43.1 Å². The highest BCUT2D eigenvalue weighted by molar-refractivity contribution is 5.79. The van der Waals surface area contributed by atoms with Gasteiger partial charge in [0.2, 0.25) is 0 Å². The number of carbonyl (C=O) groups is 1. The summed E-state index contributed by atoms with van der Waals surface area (Å²) < 4.78 is 0. The van der Waals surface area contributed by atoms with Crippen molar-refractivity contribution >= 4 is 11.5 Å². The number of carbonyl (C=O) groups excluding carboxylic acids is 1. The number of ketones is 1. The molecular formula is C15H15NO. The number of nitrogen functional groups attached to an aromatic ring is 1. The summed E-state index contributed by atoms with van der Waals surface area (Å²) in [5, 5.41) is 0. The molecule has 17 heavy (non-hydrogen) atoms.